The quantitative estimate of drug-likeness (QED) is 0.440. The van der Waals surface area contributed by atoms with Gasteiger partial charge in [-0.05, 0) is 81.1 Å². The van der Waals surface area contributed by atoms with Gasteiger partial charge < -0.3 is 29.9 Å². The molecule has 35 heavy (non-hydrogen) atoms. The molecule has 4 fully saturated rings. The van der Waals surface area contributed by atoms with Gasteiger partial charge in [0.1, 0.15) is 23.9 Å². The number of carbonyl (C=O) groups excluding carboxylic acids is 1. The van der Waals surface area contributed by atoms with Crippen molar-refractivity contribution in [3.8, 4) is 12.3 Å². The average molecular weight is 489 g/mol. The van der Waals surface area contributed by atoms with E-state index in [0.717, 1.165) is 44.9 Å². The molecule has 0 aromatic rings. The van der Waals surface area contributed by atoms with E-state index >= 15 is 0 Å². The van der Waals surface area contributed by atoms with E-state index in [-0.39, 0.29) is 11.2 Å². The lowest BCUT2D eigenvalue weighted by atomic mass is 9.49. The van der Waals surface area contributed by atoms with Gasteiger partial charge in [-0.25, -0.2) is 4.79 Å². The van der Waals surface area contributed by atoms with Crippen molar-refractivity contribution in [1.82, 2.24) is 0 Å². The molecule has 4 N–H and O–H groups in total. The van der Waals surface area contributed by atoms with E-state index in [9.17, 15) is 30.0 Å². The van der Waals surface area contributed by atoms with Crippen molar-refractivity contribution < 1.29 is 39.5 Å². The van der Waals surface area contributed by atoms with Crippen molar-refractivity contribution in [3.05, 3.63) is 11.6 Å². The smallest absolute Gasteiger partial charge is 0.335 e. The normalized spacial score (nSPS) is 49.3. The second kappa shape index (κ2) is 8.97. The number of carboxylic acid groups (broad SMARTS) is 1. The van der Waals surface area contributed by atoms with Gasteiger partial charge in [-0.1, -0.05) is 18.4 Å². The van der Waals surface area contributed by atoms with Crippen molar-refractivity contribution in [2.75, 3.05) is 0 Å². The molecule has 0 aromatic heterocycles. The van der Waals surface area contributed by atoms with Crippen LogP contribution >= 0.6 is 0 Å². The summed E-state index contributed by atoms with van der Waals surface area (Å²) >= 11 is 0. The molecular weight excluding hydrogens is 452 g/mol. The van der Waals surface area contributed by atoms with Crippen LogP contribution in [-0.2, 0) is 19.1 Å². The highest BCUT2D eigenvalue weighted by molar-refractivity contribution is 5.91. The van der Waals surface area contributed by atoms with Crippen LogP contribution in [0.15, 0.2) is 11.6 Å². The molecule has 192 valence electrons. The molecule has 3 saturated carbocycles. The summed E-state index contributed by atoms with van der Waals surface area (Å²) in [6.45, 7) is 2.11. The van der Waals surface area contributed by atoms with E-state index in [1.165, 1.54) is 5.57 Å². The zero-order valence-electron chi connectivity index (χ0n) is 20.1. The van der Waals surface area contributed by atoms with Gasteiger partial charge in [0.2, 0.25) is 0 Å². The maximum Gasteiger partial charge on any atom is 0.335 e. The predicted molar refractivity (Wildman–Crippen MR) is 124 cm³/mol. The number of hydrogen-bond acceptors (Lipinski definition) is 7. The number of ether oxygens (including phenoxy) is 2. The molecule has 0 spiro atoms. The Labute approximate surface area is 205 Å². The zero-order valence-corrected chi connectivity index (χ0v) is 20.1. The lowest BCUT2D eigenvalue weighted by Gasteiger charge is -2.57. The number of carboxylic acids is 1. The van der Waals surface area contributed by atoms with Gasteiger partial charge in [-0.2, -0.15) is 0 Å². The highest BCUT2D eigenvalue weighted by Gasteiger charge is 2.66. The van der Waals surface area contributed by atoms with Gasteiger partial charge in [-0.15, -0.1) is 6.42 Å². The summed E-state index contributed by atoms with van der Waals surface area (Å²) in [6, 6.07) is 0. The van der Waals surface area contributed by atoms with Crippen LogP contribution in [0.5, 0.6) is 0 Å². The first-order valence-corrected chi connectivity index (χ1v) is 13.0. The molecular formula is C27H36O8. The predicted octanol–water partition coefficient (Wildman–Crippen LogP) is 1.80. The highest BCUT2D eigenvalue weighted by Crippen LogP contribution is 2.67. The van der Waals surface area contributed by atoms with Gasteiger partial charge in [0, 0.05) is 11.8 Å². The Morgan fingerprint density at radius 3 is 2.57 bits per heavy atom. The van der Waals surface area contributed by atoms with Gasteiger partial charge in [0.15, 0.2) is 18.2 Å². The Kier molecular flexibility index (Phi) is 6.38. The molecule has 0 radical (unpaired) electrons. The fraction of sp³-hybridized carbons (Fsp3) is 0.778. The molecule has 1 saturated heterocycles. The minimum Gasteiger partial charge on any atom is -0.479 e. The summed E-state index contributed by atoms with van der Waals surface area (Å²) in [6.07, 6.45) is 7.23. The van der Waals surface area contributed by atoms with Gasteiger partial charge in [0.05, 0.1) is 0 Å². The monoisotopic (exact) mass is 488 g/mol. The third kappa shape index (κ3) is 3.62. The lowest BCUT2D eigenvalue weighted by molar-refractivity contribution is -0.326. The number of aliphatic hydroxyl groups is 3. The Hall–Kier alpha value is -1.76. The fourth-order valence-electron chi connectivity index (χ4n) is 8.49. The maximum absolute atomic E-state index is 12.0. The van der Waals surface area contributed by atoms with E-state index < -0.39 is 42.3 Å². The number of rotatable bonds is 4. The van der Waals surface area contributed by atoms with E-state index in [0.29, 0.717) is 36.5 Å². The number of aliphatic hydroxyl groups excluding tert-OH is 3. The van der Waals surface area contributed by atoms with Crippen molar-refractivity contribution in [2.45, 2.75) is 101 Å². The molecule has 1 heterocycles. The fourth-order valence-corrected chi connectivity index (χ4v) is 8.49. The van der Waals surface area contributed by atoms with Crippen LogP contribution in [0.25, 0.3) is 0 Å². The van der Waals surface area contributed by atoms with Crippen LogP contribution < -0.4 is 0 Å². The highest BCUT2D eigenvalue weighted by atomic mass is 16.7. The van der Waals surface area contributed by atoms with E-state index in [1.54, 1.807) is 0 Å². The molecule has 0 amide bonds. The van der Waals surface area contributed by atoms with Crippen molar-refractivity contribution in [3.63, 3.8) is 0 Å². The first kappa shape index (κ1) is 24.9. The van der Waals surface area contributed by atoms with Crippen molar-refractivity contribution in [1.29, 1.82) is 0 Å². The van der Waals surface area contributed by atoms with Crippen LogP contribution in [0.2, 0.25) is 0 Å². The first-order valence-electron chi connectivity index (χ1n) is 13.0. The summed E-state index contributed by atoms with van der Waals surface area (Å²) < 4.78 is 11.8. The number of fused-ring (bicyclic) bond motifs is 5. The van der Waals surface area contributed by atoms with Crippen LogP contribution in [0.4, 0.5) is 0 Å². The molecule has 4 aliphatic carbocycles. The van der Waals surface area contributed by atoms with E-state index in [1.807, 2.05) is 6.08 Å². The second-order valence-electron chi connectivity index (χ2n) is 11.2. The molecule has 0 aromatic carbocycles. The molecule has 1 unspecified atom stereocenters. The summed E-state index contributed by atoms with van der Waals surface area (Å²) in [5.74, 6) is 3.46. The van der Waals surface area contributed by atoms with Gasteiger partial charge in [0.25, 0.3) is 0 Å². The van der Waals surface area contributed by atoms with Crippen LogP contribution in [0.3, 0.4) is 0 Å². The molecule has 0 bridgehead atoms. The zero-order chi connectivity index (χ0) is 25.1. The third-order valence-electron chi connectivity index (χ3n) is 10.1. The van der Waals surface area contributed by atoms with Crippen LogP contribution in [-0.4, -0.2) is 68.5 Å². The Bertz CT molecular complexity index is 953. The number of ketones is 1. The second-order valence-corrected chi connectivity index (χ2v) is 11.2. The molecule has 11 atom stereocenters. The molecule has 5 rings (SSSR count). The summed E-state index contributed by atoms with van der Waals surface area (Å²) in [5.41, 5.74) is -0.126. The summed E-state index contributed by atoms with van der Waals surface area (Å²) in [5, 5.41) is 40.4. The van der Waals surface area contributed by atoms with E-state index in [4.69, 9.17) is 15.9 Å². The largest absolute Gasteiger partial charge is 0.479 e. The van der Waals surface area contributed by atoms with E-state index in [2.05, 4.69) is 12.8 Å². The number of terminal acetylenes is 1. The first-order chi connectivity index (χ1) is 16.7. The summed E-state index contributed by atoms with van der Waals surface area (Å²) in [7, 11) is 0. The Morgan fingerprint density at radius 1 is 1.11 bits per heavy atom. The van der Waals surface area contributed by atoms with Gasteiger partial charge in [-0.3, -0.25) is 4.79 Å². The molecule has 5 aliphatic rings. The maximum atomic E-state index is 12.0. The number of carbonyl (C=O) groups is 2. The Morgan fingerprint density at radius 2 is 1.89 bits per heavy atom. The topological polar surface area (TPSA) is 134 Å². The standard InChI is InChI=1S/C27H36O8/c1-3-26-11-9-17-16-8-6-15(28)13-14(16)5-7-18(17)19(26)10-12-27(26,4-2)35-25-22(31)20(29)21(30)23(34-25)24(32)33/h2,13,16-23,25,29-31H,3,5-12H2,1H3,(H,32,33)/t16-,17+,18+,19-,20-,21-,22-,23?,25-,26-,27-/m0/s1. The van der Waals surface area contributed by atoms with Crippen LogP contribution in [0.1, 0.15) is 64.7 Å². The third-order valence-corrected chi connectivity index (χ3v) is 10.1. The van der Waals surface area contributed by atoms with Crippen molar-refractivity contribution >= 4 is 11.8 Å². The minimum atomic E-state index is -1.78. The SMILES string of the molecule is C#C[C@]1(O[C@@H]2OC(C(=O)O)[C@@H](O)[C@H](O)[C@@H]2O)CC[C@H]2[C@@H]3CCC4=CC(=O)CC[C@@H]4[C@H]3CC[C@@]21CC. The summed E-state index contributed by atoms with van der Waals surface area (Å²) in [4.78, 5) is 23.6. The molecule has 8 heteroatoms. The molecule has 8 nitrogen and oxygen atoms in total. The minimum absolute atomic E-state index is 0.243. The number of aliphatic carboxylic acids is 1. The Balaban J connectivity index is 1.43. The molecule has 1 aliphatic heterocycles. The van der Waals surface area contributed by atoms with Crippen LogP contribution in [0, 0.1) is 41.4 Å². The van der Waals surface area contributed by atoms with Gasteiger partial charge >= 0.3 is 5.97 Å². The average Bonchev–Trinajstić information content (AvgIpc) is 3.18. The lowest BCUT2D eigenvalue weighted by Crippen LogP contribution is -2.63. The number of allylic oxidation sites excluding steroid dienone is 1. The number of hydrogen-bond donors (Lipinski definition) is 4. The van der Waals surface area contributed by atoms with Crippen molar-refractivity contribution in [2.24, 2.45) is 29.1 Å².